The van der Waals surface area contributed by atoms with Gasteiger partial charge in [0.05, 0.1) is 17.0 Å². The zero-order chi connectivity index (χ0) is 16.9. The molecule has 0 spiro atoms. The van der Waals surface area contributed by atoms with Crippen LogP contribution in [-0.4, -0.2) is 52.2 Å². The highest BCUT2D eigenvalue weighted by Crippen LogP contribution is 2.17. The average molecular weight is 327 g/mol. The Balaban J connectivity index is 1.49. The Labute approximate surface area is 142 Å². The number of aromatic nitrogens is 3. The topological polar surface area (TPSA) is 73.9 Å². The first-order valence-corrected chi connectivity index (χ1v) is 8.58. The van der Waals surface area contributed by atoms with Crippen LogP contribution in [0.5, 0.6) is 0 Å². The molecule has 0 aromatic carbocycles. The van der Waals surface area contributed by atoms with Crippen LogP contribution in [0.4, 0.5) is 0 Å². The Hall–Kier alpha value is -2.21. The molecule has 1 atom stereocenters. The molecule has 1 saturated heterocycles. The highest BCUT2D eigenvalue weighted by molar-refractivity contribution is 5.94. The summed E-state index contributed by atoms with van der Waals surface area (Å²) in [5.41, 5.74) is 2.22. The predicted octanol–water partition coefficient (Wildman–Crippen LogP) is 2.18. The van der Waals surface area contributed by atoms with Crippen LogP contribution in [0.2, 0.25) is 0 Å². The number of nitrogens with zero attached hydrogens (tertiary/aromatic N) is 3. The third-order valence-electron chi connectivity index (χ3n) is 4.35. The lowest BCUT2D eigenvalue weighted by atomic mass is 10.1. The van der Waals surface area contributed by atoms with Crippen molar-refractivity contribution >= 4 is 5.91 Å². The van der Waals surface area contributed by atoms with E-state index >= 15 is 0 Å². The summed E-state index contributed by atoms with van der Waals surface area (Å²) in [6.45, 7) is 8.58. The predicted molar refractivity (Wildman–Crippen MR) is 93.5 cm³/mol. The van der Waals surface area contributed by atoms with Crippen LogP contribution in [0.25, 0.3) is 11.4 Å². The molecule has 3 heterocycles. The second kappa shape index (κ2) is 7.57. The maximum Gasteiger partial charge on any atom is 0.252 e. The highest BCUT2D eigenvalue weighted by atomic mass is 16.1. The second-order valence-corrected chi connectivity index (χ2v) is 6.92. The van der Waals surface area contributed by atoms with Gasteiger partial charge in [0, 0.05) is 32.0 Å². The fraction of sp³-hybridized carbons (Fsp3) is 0.500. The molecule has 2 N–H and O–H groups in total. The Kier molecular flexibility index (Phi) is 5.25. The van der Waals surface area contributed by atoms with Gasteiger partial charge >= 0.3 is 0 Å². The van der Waals surface area contributed by atoms with Crippen LogP contribution in [0.15, 0.2) is 30.6 Å². The van der Waals surface area contributed by atoms with Gasteiger partial charge in [-0.25, -0.2) is 0 Å². The van der Waals surface area contributed by atoms with Crippen LogP contribution < -0.4 is 5.32 Å². The van der Waals surface area contributed by atoms with Crippen molar-refractivity contribution in [3.8, 4) is 11.4 Å². The molecule has 0 unspecified atom stereocenters. The van der Waals surface area contributed by atoms with E-state index in [0.717, 1.165) is 44.0 Å². The van der Waals surface area contributed by atoms with Gasteiger partial charge in [-0.1, -0.05) is 13.8 Å². The number of H-pyrrole nitrogens is 1. The number of hydrogen-bond donors (Lipinski definition) is 2. The maximum absolute atomic E-state index is 12.3. The van der Waals surface area contributed by atoms with E-state index in [4.69, 9.17) is 0 Å². The van der Waals surface area contributed by atoms with Gasteiger partial charge in [-0.3, -0.25) is 14.9 Å². The van der Waals surface area contributed by atoms with Gasteiger partial charge in [-0.15, -0.1) is 0 Å². The maximum atomic E-state index is 12.3. The van der Waals surface area contributed by atoms with Crippen molar-refractivity contribution in [2.24, 2.45) is 11.8 Å². The molecule has 24 heavy (non-hydrogen) atoms. The number of amides is 1. The molecule has 128 valence electrons. The van der Waals surface area contributed by atoms with Crippen molar-refractivity contribution in [1.82, 2.24) is 25.4 Å². The summed E-state index contributed by atoms with van der Waals surface area (Å²) >= 11 is 0. The molecule has 6 heteroatoms. The van der Waals surface area contributed by atoms with Gasteiger partial charge in [0.1, 0.15) is 0 Å². The third-order valence-corrected chi connectivity index (χ3v) is 4.35. The fourth-order valence-electron chi connectivity index (χ4n) is 3.19. The number of pyridine rings is 1. The zero-order valence-corrected chi connectivity index (χ0v) is 14.3. The lowest BCUT2D eigenvalue weighted by molar-refractivity contribution is 0.0947. The highest BCUT2D eigenvalue weighted by Gasteiger charge is 2.23. The van der Waals surface area contributed by atoms with Crippen molar-refractivity contribution in [2.75, 3.05) is 26.2 Å². The summed E-state index contributed by atoms with van der Waals surface area (Å²) in [5, 5.41) is 9.81. The van der Waals surface area contributed by atoms with E-state index in [1.165, 1.54) is 0 Å². The van der Waals surface area contributed by atoms with Gasteiger partial charge in [-0.05, 0) is 43.0 Å². The Bertz CT molecular complexity index is 651. The lowest BCUT2D eigenvalue weighted by Crippen LogP contribution is -2.31. The number of likely N-dealkylation sites (tertiary alicyclic amines) is 1. The molecule has 0 radical (unpaired) electrons. The Morgan fingerprint density at radius 1 is 1.42 bits per heavy atom. The summed E-state index contributed by atoms with van der Waals surface area (Å²) < 4.78 is 0. The Morgan fingerprint density at radius 3 is 2.96 bits per heavy atom. The third kappa shape index (κ3) is 4.20. The number of aromatic amines is 1. The minimum atomic E-state index is -0.0547. The molecule has 6 nitrogen and oxygen atoms in total. The van der Waals surface area contributed by atoms with Crippen LogP contribution in [0.3, 0.4) is 0 Å². The average Bonchev–Trinajstić information content (AvgIpc) is 3.24. The molecule has 2 aromatic rings. The van der Waals surface area contributed by atoms with Gasteiger partial charge in [0.15, 0.2) is 0 Å². The summed E-state index contributed by atoms with van der Waals surface area (Å²) in [7, 11) is 0. The van der Waals surface area contributed by atoms with Crippen LogP contribution in [-0.2, 0) is 0 Å². The van der Waals surface area contributed by atoms with Gasteiger partial charge < -0.3 is 10.2 Å². The number of carbonyl (C=O) groups excluding carboxylic acids is 1. The summed E-state index contributed by atoms with van der Waals surface area (Å²) in [4.78, 5) is 19.1. The molecule has 1 aliphatic heterocycles. The van der Waals surface area contributed by atoms with E-state index in [9.17, 15) is 4.79 Å². The van der Waals surface area contributed by atoms with E-state index < -0.39 is 0 Å². The number of carbonyl (C=O) groups is 1. The first-order chi connectivity index (χ1) is 11.6. The van der Waals surface area contributed by atoms with Gasteiger partial charge in [-0.2, -0.15) is 5.10 Å². The largest absolute Gasteiger partial charge is 0.352 e. The molecule has 0 bridgehead atoms. The number of rotatable bonds is 6. The molecule has 0 aliphatic carbocycles. The summed E-state index contributed by atoms with van der Waals surface area (Å²) in [5.74, 6) is 1.18. The quantitative estimate of drug-likeness (QED) is 0.853. The van der Waals surface area contributed by atoms with E-state index in [1.54, 1.807) is 18.5 Å². The monoisotopic (exact) mass is 327 g/mol. The first-order valence-electron chi connectivity index (χ1n) is 8.58. The molecular formula is C18H25N5O. The smallest absolute Gasteiger partial charge is 0.252 e. The van der Waals surface area contributed by atoms with Crippen molar-refractivity contribution in [2.45, 2.75) is 20.3 Å². The van der Waals surface area contributed by atoms with Crippen LogP contribution in [0.1, 0.15) is 30.6 Å². The van der Waals surface area contributed by atoms with Crippen molar-refractivity contribution in [3.63, 3.8) is 0 Å². The van der Waals surface area contributed by atoms with E-state index in [2.05, 4.69) is 39.2 Å². The number of nitrogens with one attached hydrogen (secondary N) is 2. The lowest BCUT2D eigenvalue weighted by Gasteiger charge is -2.18. The van der Waals surface area contributed by atoms with Crippen LogP contribution >= 0.6 is 0 Å². The van der Waals surface area contributed by atoms with Crippen molar-refractivity contribution in [3.05, 3.63) is 36.2 Å². The summed E-state index contributed by atoms with van der Waals surface area (Å²) in [6, 6.07) is 5.49. The molecule has 1 aliphatic rings. The minimum absolute atomic E-state index is 0.0547. The standard InChI is InChI=1S/C18H25N5O/c1-13(2)11-23-8-6-14(12-23)9-20-18(24)15-3-4-16(19-10-15)17-5-7-21-22-17/h3-5,7,10,13-14H,6,8-9,11-12H2,1-2H3,(H,20,24)(H,21,22)/t14-/m0/s1. The fourth-order valence-corrected chi connectivity index (χ4v) is 3.19. The second-order valence-electron chi connectivity index (χ2n) is 6.92. The van der Waals surface area contributed by atoms with E-state index in [1.807, 2.05) is 12.1 Å². The molecule has 3 rings (SSSR count). The SMILES string of the molecule is CC(C)CN1CC[C@@H](CNC(=O)c2ccc(-c3ccn[nH]3)nc2)C1. The van der Waals surface area contributed by atoms with Crippen LogP contribution in [0, 0.1) is 11.8 Å². The molecule has 1 fully saturated rings. The molecule has 1 amide bonds. The number of hydrogen-bond acceptors (Lipinski definition) is 4. The first kappa shape index (κ1) is 16.6. The van der Waals surface area contributed by atoms with Gasteiger partial charge in [0.2, 0.25) is 0 Å². The molecule has 2 aromatic heterocycles. The Morgan fingerprint density at radius 2 is 2.29 bits per heavy atom. The van der Waals surface area contributed by atoms with Crippen molar-refractivity contribution < 1.29 is 4.79 Å². The molecule has 0 saturated carbocycles. The van der Waals surface area contributed by atoms with Crippen molar-refractivity contribution in [1.29, 1.82) is 0 Å². The summed E-state index contributed by atoms with van der Waals surface area (Å²) in [6.07, 6.45) is 4.46. The normalized spacial score (nSPS) is 18.2. The zero-order valence-electron chi connectivity index (χ0n) is 14.3. The molecular weight excluding hydrogens is 302 g/mol. The van der Waals surface area contributed by atoms with E-state index in [0.29, 0.717) is 17.4 Å². The van der Waals surface area contributed by atoms with E-state index in [-0.39, 0.29) is 5.91 Å². The minimum Gasteiger partial charge on any atom is -0.352 e. The van der Waals surface area contributed by atoms with Gasteiger partial charge in [0.25, 0.3) is 5.91 Å².